The van der Waals surface area contributed by atoms with Gasteiger partial charge in [0, 0.05) is 18.7 Å². The number of rotatable bonds is 5. The van der Waals surface area contributed by atoms with Crippen LogP contribution in [0.5, 0.6) is 0 Å². The Morgan fingerprint density at radius 3 is 2.48 bits per heavy atom. The number of anilines is 1. The van der Waals surface area contributed by atoms with Crippen molar-refractivity contribution in [2.24, 2.45) is 0 Å². The second-order valence-corrected chi connectivity index (χ2v) is 9.25. The molecule has 1 heterocycles. The van der Waals surface area contributed by atoms with E-state index in [9.17, 15) is 17.6 Å². The molecule has 0 aliphatic rings. The number of nitrogens with zero attached hydrogens (tertiary/aromatic N) is 2. The van der Waals surface area contributed by atoms with Gasteiger partial charge in [0.05, 0.1) is 15.1 Å². The Morgan fingerprint density at radius 1 is 1.19 bits per heavy atom. The number of aromatic nitrogens is 1. The van der Waals surface area contributed by atoms with Crippen LogP contribution in [-0.2, 0) is 10.0 Å². The molecule has 1 amide bonds. The molecule has 0 fully saturated rings. The Balaban J connectivity index is 1.79. The van der Waals surface area contributed by atoms with Crippen LogP contribution in [-0.4, -0.2) is 36.7 Å². The van der Waals surface area contributed by atoms with E-state index < -0.39 is 15.9 Å². The number of thiazole rings is 1. The van der Waals surface area contributed by atoms with E-state index in [-0.39, 0.29) is 16.8 Å². The number of hydrogen-bond acceptors (Lipinski definition) is 5. The minimum absolute atomic E-state index is 0.116. The summed E-state index contributed by atoms with van der Waals surface area (Å²) in [5, 5.41) is 3.00. The van der Waals surface area contributed by atoms with Crippen molar-refractivity contribution in [3.8, 4) is 0 Å². The summed E-state index contributed by atoms with van der Waals surface area (Å²) in [6.45, 7) is 3.56. The maximum atomic E-state index is 13.3. The Bertz CT molecular complexity index is 1090. The van der Waals surface area contributed by atoms with E-state index in [1.807, 2.05) is 0 Å². The molecule has 3 rings (SSSR count). The molecule has 0 saturated heterocycles. The first kappa shape index (κ1) is 19.4. The maximum absolute atomic E-state index is 13.3. The lowest BCUT2D eigenvalue weighted by molar-refractivity contribution is 0.102. The minimum atomic E-state index is -3.61. The van der Waals surface area contributed by atoms with E-state index >= 15 is 0 Å². The van der Waals surface area contributed by atoms with Crippen LogP contribution in [0.2, 0.25) is 0 Å². The molecule has 1 aromatic heterocycles. The fourth-order valence-electron chi connectivity index (χ4n) is 2.34. The highest BCUT2D eigenvalue weighted by atomic mass is 32.2. The molecule has 1 N–H and O–H groups in total. The summed E-state index contributed by atoms with van der Waals surface area (Å²) in [6, 6.07) is 9.72. The highest BCUT2D eigenvalue weighted by Gasteiger charge is 2.23. The van der Waals surface area contributed by atoms with E-state index in [0.717, 1.165) is 11.3 Å². The normalized spacial score (nSPS) is 12.1. The maximum Gasteiger partial charge on any atom is 0.257 e. The molecule has 0 atom stereocenters. The number of benzene rings is 2. The number of halogens is 1. The fourth-order valence-corrected chi connectivity index (χ4v) is 4.60. The predicted octanol–water partition coefficient (Wildman–Crippen LogP) is 3.72. The van der Waals surface area contributed by atoms with Gasteiger partial charge in [0.1, 0.15) is 5.82 Å². The van der Waals surface area contributed by atoms with Crippen molar-refractivity contribution in [1.82, 2.24) is 9.29 Å². The first-order chi connectivity index (χ1) is 12.7. The molecule has 6 nitrogen and oxygen atoms in total. The van der Waals surface area contributed by atoms with E-state index in [1.165, 1.54) is 47.8 Å². The van der Waals surface area contributed by atoms with Crippen molar-refractivity contribution in [1.29, 1.82) is 0 Å². The first-order valence-corrected chi connectivity index (χ1v) is 10.4. The summed E-state index contributed by atoms with van der Waals surface area (Å²) < 4.78 is 40.1. The topological polar surface area (TPSA) is 79.4 Å². The second-order valence-electron chi connectivity index (χ2n) is 6.22. The zero-order valence-electron chi connectivity index (χ0n) is 14.9. The molecule has 0 saturated carbocycles. The van der Waals surface area contributed by atoms with Crippen molar-refractivity contribution in [2.75, 3.05) is 12.4 Å². The fraction of sp³-hybridized carbons (Fsp3) is 0.222. The minimum Gasteiger partial charge on any atom is -0.298 e. The SMILES string of the molecule is CC(C)N(C)S(=O)(=O)c1ccc(C(=O)Nc2nc3ccc(F)cc3s2)cc1. The van der Waals surface area contributed by atoms with E-state index in [0.29, 0.717) is 20.9 Å². The lowest BCUT2D eigenvalue weighted by Gasteiger charge is -2.20. The number of carbonyl (C=O) groups excluding carboxylic acids is 1. The van der Waals surface area contributed by atoms with E-state index in [2.05, 4.69) is 10.3 Å². The van der Waals surface area contributed by atoms with Gasteiger partial charge >= 0.3 is 0 Å². The summed E-state index contributed by atoms with van der Waals surface area (Å²) >= 11 is 1.16. The van der Waals surface area contributed by atoms with Crippen LogP contribution < -0.4 is 5.32 Å². The van der Waals surface area contributed by atoms with Crippen molar-refractivity contribution >= 4 is 42.6 Å². The highest BCUT2D eigenvalue weighted by molar-refractivity contribution is 7.89. The average molecular weight is 407 g/mol. The predicted molar refractivity (Wildman–Crippen MR) is 104 cm³/mol. The molecule has 0 unspecified atom stereocenters. The summed E-state index contributed by atoms with van der Waals surface area (Å²) in [7, 11) is -2.09. The van der Waals surface area contributed by atoms with Crippen molar-refractivity contribution in [3.05, 3.63) is 53.8 Å². The number of carbonyl (C=O) groups is 1. The summed E-state index contributed by atoms with van der Waals surface area (Å²) in [6.07, 6.45) is 0. The van der Waals surface area contributed by atoms with Gasteiger partial charge in [0.25, 0.3) is 5.91 Å². The molecular formula is C18H18FN3O3S2. The Hall–Kier alpha value is -2.36. The van der Waals surface area contributed by atoms with Gasteiger partial charge in [-0.1, -0.05) is 11.3 Å². The number of nitrogens with one attached hydrogen (secondary N) is 1. The lowest BCUT2D eigenvalue weighted by atomic mass is 10.2. The quantitative estimate of drug-likeness (QED) is 0.699. The summed E-state index contributed by atoms with van der Waals surface area (Å²) in [4.78, 5) is 16.7. The first-order valence-electron chi connectivity index (χ1n) is 8.14. The van der Waals surface area contributed by atoms with Crippen LogP contribution in [0.15, 0.2) is 47.4 Å². The van der Waals surface area contributed by atoms with Crippen LogP contribution in [0.1, 0.15) is 24.2 Å². The molecule has 3 aromatic rings. The number of hydrogen-bond donors (Lipinski definition) is 1. The molecule has 2 aromatic carbocycles. The van der Waals surface area contributed by atoms with Gasteiger partial charge in [-0.05, 0) is 56.3 Å². The lowest BCUT2D eigenvalue weighted by Crippen LogP contribution is -2.33. The van der Waals surface area contributed by atoms with Crippen molar-refractivity contribution < 1.29 is 17.6 Å². The zero-order valence-corrected chi connectivity index (χ0v) is 16.6. The van der Waals surface area contributed by atoms with Gasteiger partial charge in [-0.15, -0.1) is 0 Å². The molecule has 0 bridgehead atoms. The van der Waals surface area contributed by atoms with Crippen LogP contribution >= 0.6 is 11.3 Å². The number of sulfonamides is 1. The largest absolute Gasteiger partial charge is 0.298 e. The van der Waals surface area contributed by atoms with Gasteiger partial charge in [-0.3, -0.25) is 10.1 Å². The second kappa shape index (κ2) is 7.34. The molecule has 0 spiro atoms. The number of fused-ring (bicyclic) bond motifs is 1. The molecular weight excluding hydrogens is 389 g/mol. The summed E-state index contributed by atoms with van der Waals surface area (Å²) in [5.74, 6) is -0.789. The highest BCUT2D eigenvalue weighted by Crippen LogP contribution is 2.27. The van der Waals surface area contributed by atoms with Gasteiger partial charge in [-0.2, -0.15) is 4.31 Å². The third-order valence-electron chi connectivity index (χ3n) is 4.09. The van der Waals surface area contributed by atoms with Crippen LogP contribution in [0.4, 0.5) is 9.52 Å². The standard InChI is InChI=1S/C18H18FN3O3S2/c1-11(2)22(3)27(24,25)14-7-4-12(5-8-14)17(23)21-18-20-15-9-6-13(19)10-16(15)26-18/h4-11H,1-3H3,(H,20,21,23). The third-order valence-corrected chi connectivity index (χ3v) is 7.07. The monoisotopic (exact) mass is 407 g/mol. The van der Waals surface area contributed by atoms with Gasteiger partial charge in [-0.25, -0.2) is 17.8 Å². The third kappa shape index (κ3) is 4.00. The van der Waals surface area contributed by atoms with Gasteiger partial charge < -0.3 is 0 Å². The number of amides is 1. The van der Waals surface area contributed by atoms with Crippen molar-refractivity contribution in [3.63, 3.8) is 0 Å². The smallest absolute Gasteiger partial charge is 0.257 e. The van der Waals surface area contributed by atoms with Crippen LogP contribution in [0.25, 0.3) is 10.2 Å². The van der Waals surface area contributed by atoms with E-state index in [4.69, 9.17) is 0 Å². The van der Waals surface area contributed by atoms with Gasteiger partial charge in [0.15, 0.2) is 5.13 Å². The summed E-state index contributed by atoms with van der Waals surface area (Å²) in [5.41, 5.74) is 0.890. The van der Waals surface area contributed by atoms with Crippen molar-refractivity contribution in [2.45, 2.75) is 24.8 Å². The Labute approximate surface area is 160 Å². The van der Waals surface area contributed by atoms with Crippen LogP contribution in [0, 0.1) is 5.82 Å². The molecule has 0 aliphatic carbocycles. The molecule has 142 valence electrons. The molecule has 27 heavy (non-hydrogen) atoms. The Kier molecular flexibility index (Phi) is 5.27. The van der Waals surface area contributed by atoms with Gasteiger partial charge in [0.2, 0.25) is 10.0 Å². The average Bonchev–Trinajstić information content (AvgIpc) is 3.02. The van der Waals surface area contributed by atoms with Crippen LogP contribution in [0.3, 0.4) is 0 Å². The van der Waals surface area contributed by atoms with E-state index in [1.54, 1.807) is 19.9 Å². The molecule has 0 aliphatic heterocycles. The molecule has 9 heteroatoms. The molecule has 0 radical (unpaired) electrons. The Morgan fingerprint density at radius 2 is 1.85 bits per heavy atom. The zero-order chi connectivity index (χ0) is 19.8.